The topological polar surface area (TPSA) is 69.4 Å². The highest BCUT2D eigenvalue weighted by Crippen LogP contribution is 2.25. The van der Waals surface area contributed by atoms with Crippen LogP contribution in [0.3, 0.4) is 0 Å². The Morgan fingerprint density at radius 1 is 1.39 bits per heavy atom. The number of aryl methyl sites for hydroxylation is 2. The number of methoxy groups -OCH3 is 1. The predicted molar refractivity (Wildman–Crippen MR) is 84.8 cm³/mol. The van der Waals surface area contributed by atoms with Crippen LogP contribution in [0.2, 0.25) is 0 Å². The zero-order chi connectivity index (χ0) is 16.6. The van der Waals surface area contributed by atoms with Gasteiger partial charge in [0, 0.05) is 38.6 Å². The molecule has 1 aliphatic rings. The van der Waals surface area contributed by atoms with Gasteiger partial charge in [-0.1, -0.05) is 0 Å². The summed E-state index contributed by atoms with van der Waals surface area (Å²) in [6.45, 7) is 3.26. The molecule has 7 heteroatoms. The molecule has 1 unspecified atom stereocenters. The Bertz CT molecular complexity index is 793. The number of nitrogens with zero attached hydrogens (tertiary/aromatic N) is 4. The lowest BCUT2D eigenvalue weighted by Crippen LogP contribution is -2.31. The fourth-order valence-corrected chi connectivity index (χ4v) is 2.89. The van der Waals surface area contributed by atoms with E-state index in [1.54, 1.807) is 11.9 Å². The monoisotopic (exact) mass is 316 g/mol. The molecule has 2 aromatic rings. The lowest BCUT2D eigenvalue weighted by atomic mass is 10.2. The van der Waals surface area contributed by atoms with E-state index >= 15 is 0 Å². The van der Waals surface area contributed by atoms with Crippen molar-refractivity contribution in [2.45, 2.75) is 19.4 Å². The maximum absolute atomic E-state index is 12.8. The van der Waals surface area contributed by atoms with Crippen molar-refractivity contribution < 1.29 is 9.53 Å². The molecule has 1 aliphatic heterocycles. The SMILES string of the molecule is COc1cc(=O)n(C)cc1C(=O)N1CCC(n2cc(C)cn2)C1. The first-order valence-electron chi connectivity index (χ1n) is 7.54. The molecule has 1 fully saturated rings. The fraction of sp³-hybridized carbons (Fsp3) is 0.438. The molecule has 7 nitrogen and oxygen atoms in total. The zero-order valence-electron chi connectivity index (χ0n) is 13.5. The van der Waals surface area contributed by atoms with E-state index in [4.69, 9.17) is 4.74 Å². The normalized spacial score (nSPS) is 17.5. The van der Waals surface area contributed by atoms with Gasteiger partial charge in [0.25, 0.3) is 11.5 Å². The number of rotatable bonds is 3. The number of hydrogen-bond acceptors (Lipinski definition) is 4. The molecule has 0 aromatic carbocycles. The number of amides is 1. The molecule has 1 saturated heterocycles. The fourth-order valence-electron chi connectivity index (χ4n) is 2.89. The molecular weight excluding hydrogens is 296 g/mol. The van der Waals surface area contributed by atoms with Gasteiger partial charge in [-0.2, -0.15) is 5.10 Å². The van der Waals surface area contributed by atoms with E-state index in [2.05, 4.69) is 5.10 Å². The maximum Gasteiger partial charge on any atom is 0.259 e. The molecule has 0 bridgehead atoms. The van der Waals surface area contributed by atoms with E-state index in [1.165, 1.54) is 23.9 Å². The molecule has 0 N–H and O–H groups in total. The van der Waals surface area contributed by atoms with Crippen molar-refractivity contribution in [3.8, 4) is 5.75 Å². The van der Waals surface area contributed by atoms with Gasteiger partial charge in [0.1, 0.15) is 5.75 Å². The number of likely N-dealkylation sites (tertiary alicyclic amines) is 1. The largest absolute Gasteiger partial charge is 0.496 e. The summed E-state index contributed by atoms with van der Waals surface area (Å²) in [5.74, 6) is 0.195. The first kappa shape index (κ1) is 15.3. The standard InChI is InChI=1S/C16H20N4O3/c1-11-7-17-20(8-11)12-4-5-19(9-12)16(22)13-10-18(2)15(21)6-14(13)23-3/h6-8,10,12H,4-5,9H2,1-3H3. The van der Waals surface area contributed by atoms with Crippen LogP contribution in [-0.2, 0) is 7.05 Å². The third kappa shape index (κ3) is 2.86. The van der Waals surface area contributed by atoms with Crippen molar-refractivity contribution in [3.63, 3.8) is 0 Å². The minimum absolute atomic E-state index is 0.121. The minimum Gasteiger partial charge on any atom is -0.496 e. The average molecular weight is 316 g/mol. The third-order valence-corrected chi connectivity index (χ3v) is 4.20. The van der Waals surface area contributed by atoms with Gasteiger partial charge >= 0.3 is 0 Å². The van der Waals surface area contributed by atoms with Crippen LogP contribution < -0.4 is 10.3 Å². The number of pyridine rings is 1. The Balaban J connectivity index is 1.82. The van der Waals surface area contributed by atoms with Gasteiger partial charge in [-0.05, 0) is 18.9 Å². The second-order valence-corrected chi connectivity index (χ2v) is 5.90. The maximum atomic E-state index is 12.8. The smallest absolute Gasteiger partial charge is 0.259 e. The van der Waals surface area contributed by atoms with E-state index in [0.29, 0.717) is 24.4 Å². The highest BCUT2D eigenvalue weighted by molar-refractivity contribution is 5.96. The van der Waals surface area contributed by atoms with Crippen LogP contribution in [0.4, 0.5) is 0 Å². The Labute approximate surface area is 134 Å². The third-order valence-electron chi connectivity index (χ3n) is 4.20. The molecule has 0 radical (unpaired) electrons. The minimum atomic E-state index is -0.204. The van der Waals surface area contributed by atoms with Crippen molar-refractivity contribution in [1.82, 2.24) is 19.2 Å². The van der Waals surface area contributed by atoms with E-state index in [0.717, 1.165) is 12.0 Å². The summed E-state index contributed by atoms with van der Waals surface area (Å²) in [6, 6.07) is 1.53. The first-order chi connectivity index (χ1) is 11.0. The second-order valence-electron chi connectivity index (χ2n) is 5.90. The van der Waals surface area contributed by atoms with Gasteiger partial charge in [0.2, 0.25) is 0 Å². The summed E-state index contributed by atoms with van der Waals surface area (Å²) in [7, 11) is 3.09. The van der Waals surface area contributed by atoms with Gasteiger partial charge in [0.05, 0.1) is 24.9 Å². The zero-order valence-corrected chi connectivity index (χ0v) is 13.5. The Hall–Kier alpha value is -2.57. The molecule has 0 saturated carbocycles. The van der Waals surface area contributed by atoms with Gasteiger partial charge < -0.3 is 14.2 Å². The molecule has 0 aliphatic carbocycles. The molecule has 0 spiro atoms. The van der Waals surface area contributed by atoms with Crippen molar-refractivity contribution in [3.05, 3.63) is 46.1 Å². The number of ether oxygens (including phenoxy) is 1. The van der Waals surface area contributed by atoms with Crippen LogP contribution in [0.5, 0.6) is 5.75 Å². The number of carbonyl (C=O) groups excluding carboxylic acids is 1. The van der Waals surface area contributed by atoms with Crippen LogP contribution in [0.25, 0.3) is 0 Å². The first-order valence-corrected chi connectivity index (χ1v) is 7.54. The lowest BCUT2D eigenvalue weighted by molar-refractivity contribution is 0.0782. The van der Waals surface area contributed by atoms with Crippen molar-refractivity contribution in [2.75, 3.05) is 20.2 Å². The summed E-state index contributed by atoms with van der Waals surface area (Å²) in [6.07, 6.45) is 6.21. The van der Waals surface area contributed by atoms with Crippen molar-refractivity contribution >= 4 is 5.91 Å². The van der Waals surface area contributed by atoms with Crippen LogP contribution in [0.15, 0.2) is 29.5 Å². The quantitative estimate of drug-likeness (QED) is 0.846. The van der Waals surface area contributed by atoms with E-state index < -0.39 is 0 Å². The van der Waals surface area contributed by atoms with Gasteiger partial charge in [-0.15, -0.1) is 0 Å². The number of hydrogen-bond donors (Lipinski definition) is 0. The van der Waals surface area contributed by atoms with Crippen LogP contribution in [0, 0.1) is 6.92 Å². The molecule has 2 aromatic heterocycles. The van der Waals surface area contributed by atoms with Gasteiger partial charge in [-0.25, -0.2) is 0 Å². The Kier molecular flexibility index (Phi) is 3.94. The predicted octanol–water partition coefficient (Wildman–Crippen LogP) is 0.986. The molecular formula is C16H20N4O3. The summed E-state index contributed by atoms with van der Waals surface area (Å²) in [5.41, 5.74) is 1.31. The van der Waals surface area contributed by atoms with E-state index in [1.807, 2.05) is 24.0 Å². The van der Waals surface area contributed by atoms with Crippen LogP contribution >= 0.6 is 0 Å². The summed E-state index contributed by atoms with van der Waals surface area (Å²) in [4.78, 5) is 26.2. The van der Waals surface area contributed by atoms with Crippen molar-refractivity contribution in [1.29, 1.82) is 0 Å². The van der Waals surface area contributed by atoms with Crippen LogP contribution in [-0.4, -0.2) is 45.4 Å². The van der Waals surface area contributed by atoms with E-state index in [-0.39, 0.29) is 17.5 Å². The van der Waals surface area contributed by atoms with Gasteiger partial charge in [-0.3, -0.25) is 14.3 Å². The molecule has 122 valence electrons. The molecule has 3 heterocycles. The summed E-state index contributed by atoms with van der Waals surface area (Å²) >= 11 is 0. The van der Waals surface area contributed by atoms with Crippen molar-refractivity contribution in [2.24, 2.45) is 7.05 Å². The Morgan fingerprint density at radius 3 is 2.83 bits per heavy atom. The highest BCUT2D eigenvalue weighted by atomic mass is 16.5. The Morgan fingerprint density at radius 2 is 2.17 bits per heavy atom. The molecule has 1 amide bonds. The van der Waals surface area contributed by atoms with Gasteiger partial charge in [0.15, 0.2) is 0 Å². The lowest BCUT2D eigenvalue weighted by Gasteiger charge is -2.18. The highest BCUT2D eigenvalue weighted by Gasteiger charge is 2.30. The molecule has 1 atom stereocenters. The van der Waals surface area contributed by atoms with Crippen LogP contribution in [0.1, 0.15) is 28.4 Å². The summed E-state index contributed by atoms with van der Waals surface area (Å²) in [5, 5.41) is 4.33. The molecule has 3 rings (SSSR count). The average Bonchev–Trinajstić information content (AvgIpc) is 3.17. The van der Waals surface area contributed by atoms with E-state index in [9.17, 15) is 9.59 Å². The molecule has 23 heavy (non-hydrogen) atoms. The number of aromatic nitrogens is 3. The summed E-state index contributed by atoms with van der Waals surface area (Å²) < 4.78 is 8.50. The number of carbonyl (C=O) groups is 1. The second kappa shape index (κ2) is 5.91.